The molecule has 0 spiro atoms. The summed E-state index contributed by atoms with van der Waals surface area (Å²) in [4.78, 5) is 49.4. The molecule has 1 aromatic carbocycles. The summed E-state index contributed by atoms with van der Waals surface area (Å²) in [5.41, 5.74) is 0.397. The van der Waals surface area contributed by atoms with Gasteiger partial charge in [0.1, 0.15) is 6.54 Å². The zero-order valence-corrected chi connectivity index (χ0v) is 14.4. The Balaban J connectivity index is 2.09. The fourth-order valence-corrected chi connectivity index (χ4v) is 2.38. The van der Waals surface area contributed by atoms with Crippen LogP contribution in [0.3, 0.4) is 0 Å². The molecule has 5 amide bonds. The van der Waals surface area contributed by atoms with Crippen LogP contribution in [0.15, 0.2) is 18.2 Å². The second-order valence-corrected chi connectivity index (χ2v) is 5.56. The van der Waals surface area contributed by atoms with E-state index >= 15 is 0 Å². The first-order valence-electron chi connectivity index (χ1n) is 7.51. The highest BCUT2D eigenvalue weighted by Crippen LogP contribution is 2.29. The summed E-state index contributed by atoms with van der Waals surface area (Å²) in [5, 5.41) is 2.54. The van der Waals surface area contributed by atoms with E-state index in [0.29, 0.717) is 22.1 Å². The number of carbonyl (C=O) groups is 4. The molecule has 134 valence electrons. The first kappa shape index (κ1) is 18.2. The van der Waals surface area contributed by atoms with Crippen molar-refractivity contribution in [3.8, 4) is 11.5 Å². The summed E-state index contributed by atoms with van der Waals surface area (Å²) in [6.07, 6.45) is 0. The van der Waals surface area contributed by atoms with E-state index in [2.05, 4.69) is 5.32 Å². The van der Waals surface area contributed by atoms with Crippen molar-refractivity contribution in [3.05, 3.63) is 18.2 Å². The van der Waals surface area contributed by atoms with Gasteiger partial charge in [-0.25, -0.2) is 9.69 Å². The molecule has 1 aliphatic heterocycles. The van der Waals surface area contributed by atoms with E-state index in [-0.39, 0.29) is 0 Å². The zero-order valence-electron chi connectivity index (χ0n) is 14.4. The van der Waals surface area contributed by atoms with Crippen LogP contribution in [-0.2, 0) is 14.4 Å². The van der Waals surface area contributed by atoms with Gasteiger partial charge >= 0.3 is 17.8 Å². The summed E-state index contributed by atoms with van der Waals surface area (Å²) < 4.78 is 10.2. The Hall–Kier alpha value is -3.10. The van der Waals surface area contributed by atoms with Gasteiger partial charge in [-0.15, -0.1) is 0 Å². The van der Waals surface area contributed by atoms with Crippen LogP contribution in [0.1, 0.15) is 13.8 Å². The van der Waals surface area contributed by atoms with Crippen molar-refractivity contribution in [1.82, 2.24) is 9.80 Å². The number of carbonyl (C=O) groups excluding carboxylic acids is 4. The minimum atomic E-state index is -1.01. The molecule has 2 rings (SSSR count). The molecule has 0 unspecified atom stereocenters. The maximum absolute atomic E-state index is 12.1. The molecule has 0 aromatic heterocycles. The third-order valence-electron chi connectivity index (χ3n) is 3.57. The van der Waals surface area contributed by atoms with Gasteiger partial charge in [0, 0.05) is 17.8 Å². The largest absolute Gasteiger partial charge is 0.493 e. The summed E-state index contributed by atoms with van der Waals surface area (Å²) in [5.74, 6) is -1.66. The SMILES string of the molecule is COc1ccc(NC(=O)CN2C(=O)C(=O)N(C(C)C)C2=O)cc1OC. The number of hydrogen-bond donors (Lipinski definition) is 1. The second kappa shape index (κ2) is 7.20. The number of nitrogens with zero attached hydrogens (tertiary/aromatic N) is 2. The van der Waals surface area contributed by atoms with Crippen molar-refractivity contribution in [2.24, 2.45) is 0 Å². The first-order chi connectivity index (χ1) is 11.8. The quantitative estimate of drug-likeness (QED) is 0.603. The van der Waals surface area contributed by atoms with Crippen LogP contribution in [0.5, 0.6) is 11.5 Å². The molecule has 1 aromatic rings. The number of urea groups is 1. The molecule has 1 heterocycles. The molecule has 1 N–H and O–H groups in total. The lowest BCUT2D eigenvalue weighted by Gasteiger charge is -2.18. The molecule has 1 saturated heterocycles. The zero-order chi connectivity index (χ0) is 18.7. The average Bonchev–Trinajstić information content (AvgIpc) is 2.78. The lowest BCUT2D eigenvalue weighted by Crippen LogP contribution is -2.40. The van der Waals surface area contributed by atoms with Crippen molar-refractivity contribution in [3.63, 3.8) is 0 Å². The lowest BCUT2D eigenvalue weighted by molar-refractivity contribution is -0.144. The molecule has 0 saturated carbocycles. The number of rotatable bonds is 6. The van der Waals surface area contributed by atoms with Gasteiger partial charge < -0.3 is 14.8 Å². The molecule has 0 aliphatic carbocycles. The molecular weight excluding hydrogens is 330 g/mol. The van der Waals surface area contributed by atoms with Gasteiger partial charge in [-0.2, -0.15) is 0 Å². The standard InChI is InChI=1S/C16H19N3O6/c1-9(2)19-15(22)14(21)18(16(19)23)8-13(20)17-10-5-6-11(24-3)12(7-10)25-4/h5-7,9H,8H2,1-4H3,(H,17,20). The molecule has 0 bridgehead atoms. The van der Waals surface area contributed by atoms with Crippen LogP contribution in [0.25, 0.3) is 0 Å². The number of amides is 5. The highest BCUT2D eigenvalue weighted by atomic mass is 16.5. The normalized spacial score (nSPS) is 14.4. The fourth-order valence-electron chi connectivity index (χ4n) is 2.38. The Labute approximate surface area is 144 Å². The van der Waals surface area contributed by atoms with Crippen LogP contribution < -0.4 is 14.8 Å². The smallest absolute Gasteiger partial charge is 0.334 e. The topological polar surface area (TPSA) is 105 Å². The van der Waals surface area contributed by atoms with Gasteiger partial charge in [0.2, 0.25) is 5.91 Å². The summed E-state index contributed by atoms with van der Waals surface area (Å²) >= 11 is 0. The number of benzene rings is 1. The van der Waals surface area contributed by atoms with Gasteiger partial charge in [-0.3, -0.25) is 19.3 Å². The van der Waals surface area contributed by atoms with Crippen molar-refractivity contribution in [2.75, 3.05) is 26.1 Å². The predicted molar refractivity (Wildman–Crippen MR) is 87.3 cm³/mol. The molecule has 9 nitrogen and oxygen atoms in total. The monoisotopic (exact) mass is 349 g/mol. The van der Waals surface area contributed by atoms with E-state index in [1.807, 2.05) is 0 Å². The van der Waals surface area contributed by atoms with E-state index in [1.165, 1.54) is 20.3 Å². The van der Waals surface area contributed by atoms with Crippen molar-refractivity contribution in [2.45, 2.75) is 19.9 Å². The van der Waals surface area contributed by atoms with E-state index < -0.39 is 36.3 Å². The van der Waals surface area contributed by atoms with Crippen molar-refractivity contribution < 1.29 is 28.7 Å². The van der Waals surface area contributed by atoms with Gasteiger partial charge in [-0.1, -0.05) is 0 Å². The van der Waals surface area contributed by atoms with Gasteiger partial charge in [0.05, 0.1) is 14.2 Å². The number of ether oxygens (including phenoxy) is 2. The average molecular weight is 349 g/mol. The number of nitrogens with one attached hydrogen (secondary N) is 1. The number of hydrogen-bond acceptors (Lipinski definition) is 6. The van der Waals surface area contributed by atoms with Gasteiger partial charge in [0.15, 0.2) is 11.5 Å². The minimum Gasteiger partial charge on any atom is -0.493 e. The van der Waals surface area contributed by atoms with E-state index in [9.17, 15) is 19.2 Å². The van der Waals surface area contributed by atoms with E-state index in [4.69, 9.17) is 9.47 Å². The molecule has 9 heteroatoms. The Morgan fingerprint density at radius 1 is 1.08 bits per heavy atom. The Kier molecular flexibility index (Phi) is 5.26. The Morgan fingerprint density at radius 2 is 1.72 bits per heavy atom. The second-order valence-electron chi connectivity index (χ2n) is 5.56. The number of anilines is 1. The summed E-state index contributed by atoms with van der Waals surface area (Å²) in [6.45, 7) is 2.66. The number of methoxy groups -OCH3 is 2. The van der Waals surface area contributed by atoms with Crippen LogP contribution >= 0.6 is 0 Å². The van der Waals surface area contributed by atoms with E-state index in [0.717, 1.165) is 4.90 Å². The minimum absolute atomic E-state index is 0.397. The van der Waals surface area contributed by atoms with Crippen LogP contribution in [0.4, 0.5) is 10.5 Å². The Morgan fingerprint density at radius 3 is 2.24 bits per heavy atom. The summed E-state index contributed by atoms with van der Waals surface area (Å²) in [6, 6.07) is 3.45. The Bertz CT molecular complexity index is 731. The highest BCUT2D eigenvalue weighted by molar-refractivity contribution is 6.45. The van der Waals surface area contributed by atoms with Gasteiger partial charge in [-0.05, 0) is 26.0 Å². The maximum atomic E-state index is 12.1. The van der Waals surface area contributed by atoms with E-state index in [1.54, 1.807) is 26.0 Å². The van der Waals surface area contributed by atoms with Crippen molar-refractivity contribution in [1.29, 1.82) is 0 Å². The van der Waals surface area contributed by atoms with Crippen LogP contribution in [-0.4, -0.2) is 60.4 Å². The van der Waals surface area contributed by atoms with Crippen LogP contribution in [0.2, 0.25) is 0 Å². The third-order valence-corrected chi connectivity index (χ3v) is 3.57. The van der Waals surface area contributed by atoms with Crippen molar-refractivity contribution >= 4 is 29.4 Å². The lowest BCUT2D eigenvalue weighted by atomic mass is 10.2. The molecule has 1 fully saturated rings. The molecular formula is C16H19N3O6. The van der Waals surface area contributed by atoms with Crippen LogP contribution in [0, 0.1) is 0 Å². The number of imide groups is 2. The molecule has 0 atom stereocenters. The van der Waals surface area contributed by atoms with Gasteiger partial charge in [0.25, 0.3) is 0 Å². The maximum Gasteiger partial charge on any atom is 0.334 e. The molecule has 1 aliphatic rings. The molecule has 0 radical (unpaired) electrons. The third kappa shape index (κ3) is 3.54. The molecule has 25 heavy (non-hydrogen) atoms. The first-order valence-corrected chi connectivity index (χ1v) is 7.51. The predicted octanol–water partition coefficient (Wildman–Crippen LogP) is 0.841. The fraction of sp³-hybridized carbons (Fsp3) is 0.375. The highest BCUT2D eigenvalue weighted by Gasteiger charge is 2.46. The summed E-state index contributed by atoms with van der Waals surface area (Å²) in [7, 11) is 2.94.